The maximum atomic E-state index is 11.8. The van der Waals surface area contributed by atoms with E-state index < -0.39 is 5.54 Å². The van der Waals surface area contributed by atoms with Crippen molar-refractivity contribution < 1.29 is 24.0 Å². The van der Waals surface area contributed by atoms with Gasteiger partial charge in [-0.25, -0.2) is 9.59 Å². The van der Waals surface area contributed by atoms with E-state index in [1.165, 1.54) is 0 Å². The average Bonchev–Trinajstić information content (AvgIpc) is 3.10. The number of ether oxygens (including phenoxy) is 2. The molecule has 0 saturated carbocycles. The quantitative estimate of drug-likeness (QED) is 0.395. The van der Waals surface area contributed by atoms with Crippen LogP contribution < -0.4 is 4.90 Å². The molecule has 0 aromatic rings. The van der Waals surface area contributed by atoms with Crippen LogP contribution in [0.3, 0.4) is 0 Å². The summed E-state index contributed by atoms with van der Waals surface area (Å²) in [4.78, 5) is 24.4. The summed E-state index contributed by atoms with van der Waals surface area (Å²) >= 11 is 0. The number of carbonyl (C=O) groups excluding carboxylic acids is 2. The molecule has 1 unspecified atom stereocenters. The molecule has 0 amide bonds. The highest BCUT2D eigenvalue weighted by molar-refractivity contribution is 5.81. The molecular weight excluding hydrogens is 234 g/mol. The zero-order chi connectivity index (χ0) is 13.8. The highest BCUT2D eigenvalue weighted by Gasteiger charge is 2.59. The summed E-state index contributed by atoms with van der Waals surface area (Å²) < 4.78 is 10.2. The highest BCUT2D eigenvalue weighted by Crippen LogP contribution is 2.08. The molecule has 1 N–H and O–H groups in total. The monoisotopic (exact) mass is 258 g/mol. The highest BCUT2D eigenvalue weighted by atomic mass is 16.5. The molecule has 1 rings (SSSR count). The van der Waals surface area contributed by atoms with Gasteiger partial charge < -0.3 is 9.47 Å². The summed E-state index contributed by atoms with van der Waals surface area (Å²) in [6.07, 6.45) is 1.89. The van der Waals surface area contributed by atoms with E-state index in [9.17, 15) is 9.59 Å². The summed E-state index contributed by atoms with van der Waals surface area (Å²) in [5, 5.41) is 0. The van der Waals surface area contributed by atoms with Crippen molar-refractivity contribution in [2.24, 2.45) is 0 Å². The molecule has 2 atom stereocenters. The van der Waals surface area contributed by atoms with Crippen LogP contribution in [0.25, 0.3) is 0 Å². The Bertz CT molecular complexity index is 314. The lowest BCUT2D eigenvalue weighted by Crippen LogP contribution is -3.06. The van der Waals surface area contributed by atoms with E-state index in [-0.39, 0.29) is 18.0 Å². The van der Waals surface area contributed by atoms with Crippen LogP contribution in [0.4, 0.5) is 0 Å². The Morgan fingerprint density at radius 2 is 1.94 bits per heavy atom. The molecule has 5 heteroatoms. The van der Waals surface area contributed by atoms with Gasteiger partial charge in [0.15, 0.2) is 5.54 Å². The van der Waals surface area contributed by atoms with Crippen molar-refractivity contribution in [2.75, 3.05) is 19.8 Å². The minimum absolute atomic E-state index is 0.198. The van der Waals surface area contributed by atoms with Crippen LogP contribution in [0.15, 0.2) is 0 Å². The number of carbonyl (C=O) groups is 2. The number of esters is 2. The van der Waals surface area contributed by atoms with E-state index in [1.54, 1.807) is 20.8 Å². The smallest absolute Gasteiger partial charge is 0.371 e. The van der Waals surface area contributed by atoms with Gasteiger partial charge >= 0.3 is 11.9 Å². The van der Waals surface area contributed by atoms with Gasteiger partial charge in [0, 0.05) is 13.8 Å². The number of unbranched alkanes of at least 4 members (excludes halogenated alkanes) is 1. The van der Waals surface area contributed by atoms with E-state index in [4.69, 9.17) is 9.47 Å². The molecule has 18 heavy (non-hydrogen) atoms. The number of hydrogen-bond acceptors (Lipinski definition) is 4. The molecule has 1 aliphatic heterocycles. The first-order chi connectivity index (χ1) is 8.45. The van der Waals surface area contributed by atoms with Crippen LogP contribution in [0.1, 0.15) is 40.5 Å². The summed E-state index contributed by atoms with van der Waals surface area (Å²) in [5.74, 6) is -0.459. The first-order valence-corrected chi connectivity index (χ1v) is 6.65. The number of rotatable bonds is 7. The van der Waals surface area contributed by atoms with E-state index in [1.807, 2.05) is 6.92 Å². The molecule has 0 aliphatic carbocycles. The van der Waals surface area contributed by atoms with Gasteiger partial charge in [-0.2, -0.15) is 0 Å². The third kappa shape index (κ3) is 3.45. The molecule has 0 radical (unpaired) electrons. The van der Waals surface area contributed by atoms with Crippen molar-refractivity contribution in [1.82, 2.24) is 0 Å². The van der Waals surface area contributed by atoms with Crippen LogP contribution in [0.5, 0.6) is 0 Å². The molecule has 104 valence electrons. The van der Waals surface area contributed by atoms with Gasteiger partial charge in [0.05, 0.1) is 13.2 Å². The van der Waals surface area contributed by atoms with Gasteiger partial charge in [0.2, 0.25) is 6.04 Å². The van der Waals surface area contributed by atoms with E-state index in [2.05, 4.69) is 0 Å². The van der Waals surface area contributed by atoms with Crippen molar-refractivity contribution >= 4 is 11.9 Å². The Labute approximate surface area is 108 Å². The summed E-state index contributed by atoms with van der Waals surface area (Å²) in [5.41, 5.74) is -0.676. The topological polar surface area (TPSA) is 57.0 Å². The van der Waals surface area contributed by atoms with Gasteiger partial charge in [-0.3, -0.25) is 4.90 Å². The largest absolute Gasteiger partial charge is 0.461 e. The first kappa shape index (κ1) is 15.0. The third-order valence-electron chi connectivity index (χ3n) is 3.30. The second kappa shape index (κ2) is 6.18. The predicted molar refractivity (Wildman–Crippen MR) is 66.2 cm³/mol. The molecule has 5 nitrogen and oxygen atoms in total. The number of quaternary nitrogens is 1. The van der Waals surface area contributed by atoms with E-state index in [0.29, 0.717) is 19.8 Å². The van der Waals surface area contributed by atoms with Gasteiger partial charge in [0.25, 0.3) is 0 Å². The Morgan fingerprint density at radius 1 is 1.28 bits per heavy atom. The average molecular weight is 258 g/mol. The van der Waals surface area contributed by atoms with Crippen molar-refractivity contribution in [3.05, 3.63) is 0 Å². The fourth-order valence-corrected chi connectivity index (χ4v) is 1.94. The molecule has 1 heterocycles. The van der Waals surface area contributed by atoms with Crippen LogP contribution in [-0.4, -0.2) is 43.3 Å². The third-order valence-corrected chi connectivity index (χ3v) is 3.30. The van der Waals surface area contributed by atoms with Crippen molar-refractivity contribution in [3.8, 4) is 0 Å². The normalized spacial score (nSPS) is 22.4. The van der Waals surface area contributed by atoms with Gasteiger partial charge in [-0.15, -0.1) is 0 Å². The lowest BCUT2D eigenvalue weighted by molar-refractivity contribution is -0.816. The maximum absolute atomic E-state index is 11.8. The van der Waals surface area contributed by atoms with Crippen LogP contribution in [0.2, 0.25) is 0 Å². The summed E-state index contributed by atoms with van der Waals surface area (Å²) in [7, 11) is 0. The van der Waals surface area contributed by atoms with Crippen LogP contribution in [0, 0.1) is 0 Å². The van der Waals surface area contributed by atoms with Gasteiger partial charge in [0.1, 0.15) is 6.54 Å². The lowest BCUT2D eigenvalue weighted by Gasteiger charge is -2.20. The zero-order valence-corrected chi connectivity index (χ0v) is 11.7. The Kier molecular flexibility index (Phi) is 5.14. The van der Waals surface area contributed by atoms with Crippen molar-refractivity contribution in [2.45, 2.75) is 52.1 Å². The van der Waals surface area contributed by atoms with E-state index in [0.717, 1.165) is 17.7 Å². The van der Waals surface area contributed by atoms with Gasteiger partial charge in [-0.05, 0) is 13.3 Å². The predicted octanol–water partition coefficient (Wildman–Crippen LogP) is -0.0615. The van der Waals surface area contributed by atoms with Crippen LogP contribution >= 0.6 is 0 Å². The summed E-state index contributed by atoms with van der Waals surface area (Å²) in [6, 6.07) is -0.207. The second-order valence-electron chi connectivity index (χ2n) is 5.15. The lowest BCUT2D eigenvalue weighted by atomic mass is 10.1. The van der Waals surface area contributed by atoms with E-state index >= 15 is 0 Å². The maximum Gasteiger partial charge on any atom is 0.371 e. The Morgan fingerprint density at radius 3 is 2.50 bits per heavy atom. The molecule has 1 fully saturated rings. The number of nitrogens with one attached hydrogen (secondary N) is 1. The molecule has 1 saturated heterocycles. The molecule has 0 bridgehead atoms. The molecule has 0 aromatic heterocycles. The molecule has 0 aromatic carbocycles. The van der Waals surface area contributed by atoms with Crippen LogP contribution in [-0.2, 0) is 19.1 Å². The summed E-state index contributed by atoms with van der Waals surface area (Å²) in [6.45, 7) is 8.92. The fraction of sp³-hybridized carbons (Fsp3) is 0.846. The second-order valence-corrected chi connectivity index (χ2v) is 5.15. The molecule has 1 aliphatic rings. The van der Waals surface area contributed by atoms with Crippen molar-refractivity contribution in [3.63, 3.8) is 0 Å². The zero-order valence-electron chi connectivity index (χ0n) is 11.7. The van der Waals surface area contributed by atoms with Crippen molar-refractivity contribution in [1.29, 1.82) is 0 Å². The SMILES string of the molecule is CCCCOC(=O)[C@H]1C[NH+]1C(C)(C)C(=O)OCC. The first-order valence-electron chi connectivity index (χ1n) is 6.65. The molecular formula is C13H24NO4+. The minimum Gasteiger partial charge on any atom is -0.461 e. The van der Waals surface area contributed by atoms with Gasteiger partial charge in [-0.1, -0.05) is 13.3 Å². The number of hydrogen-bond donors (Lipinski definition) is 1. The molecule has 0 spiro atoms. The fourth-order valence-electron chi connectivity index (χ4n) is 1.94. The minimum atomic E-state index is -0.676. The Balaban J connectivity index is 2.43. The standard InChI is InChI=1S/C13H23NO4/c1-5-7-8-18-11(15)10-9-14(10)13(3,4)12(16)17-6-2/h10H,5-9H2,1-4H3/p+1/t10-,14?/m1/s1. The Hall–Kier alpha value is -1.10.